The zero-order valence-electron chi connectivity index (χ0n) is 16.7. The van der Waals surface area contributed by atoms with E-state index in [0.29, 0.717) is 28.5 Å². The minimum Gasteiger partial charge on any atom is -0.249 e. The maximum atomic E-state index is 11.8. The summed E-state index contributed by atoms with van der Waals surface area (Å²) in [6.45, 7) is 0.436. The molecule has 0 amide bonds. The van der Waals surface area contributed by atoms with Gasteiger partial charge in [-0.3, -0.25) is 0 Å². The summed E-state index contributed by atoms with van der Waals surface area (Å²) in [4.78, 5) is 0.230. The lowest BCUT2D eigenvalue weighted by Crippen LogP contribution is -2.04. The number of aromatic nitrogens is 2. The van der Waals surface area contributed by atoms with E-state index in [0.717, 1.165) is 16.7 Å². The monoisotopic (exact) mass is 447 g/mol. The van der Waals surface area contributed by atoms with Crippen molar-refractivity contribution in [3.63, 3.8) is 0 Å². The molecule has 0 fully saturated rings. The highest BCUT2D eigenvalue weighted by Crippen LogP contribution is 2.35. The molecule has 5 nitrogen and oxygen atoms in total. The van der Waals surface area contributed by atoms with Gasteiger partial charge in [-0.15, -0.1) is 0 Å². The smallest absolute Gasteiger partial charge is 0.175 e. The topological polar surface area (TPSA) is 75.8 Å². The van der Waals surface area contributed by atoms with Crippen molar-refractivity contribution in [2.24, 2.45) is 0 Å². The summed E-state index contributed by atoms with van der Waals surface area (Å²) in [5.74, 6) is 0. The molecular weight excluding hydrogens is 430 g/mol. The molecule has 0 N–H and O–H groups in total. The largest absolute Gasteiger partial charge is 0.249 e. The van der Waals surface area contributed by atoms with Crippen molar-refractivity contribution in [1.82, 2.24) is 9.78 Å². The molecule has 0 atom stereocenters. The molecule has 31 heavy (non-hydrogen) atoms. The molecule has 0 saturated carbocycles. The molecule has 4 aromatic rings. The van der Waals surface area contributed by atoms with Crippen molar-refractivity contribution in [2.45, 2.75) is 11.4 Å². The molecule has 4 rings (SSSR count). The van der Waals surface area contributed by atoms with E-state index < -0.39 is 9.84 Å². The summed E-state index contributed by atoms with van der Waals surface area (Å²) in [5.41, 5.74) is 4.26. The Balaban J connectivity index is 1.90. The van der Waals surface area contributed by atoms with Crippen molar-refractivity contribution >= 4 is 21.4 Å². The molecule has 0 unspecified atom stereocenters. The Morgan fingerprint density at radius 1 is 0.935 bits per heavy atom. The molecule has 0 aliphatic carbocycles. The Morgan fingerprint density at radius 2 is 1.55 bits per heavy atom. The van der Waals surface area contributed by atoms with Crippen LogP contribution in [0.25, 0.3) is 22.4 Å². The minimum absolute atomic E-state index is 0.230. The maximum absolute atomic E-state index is 11.8. The molecule has 0 saturated heterocycles. The minimum atomic E-state index is -3.31. The highest BCUT2D eigenvalue weighted by Gasteiger charge is 2.21. The zero-order chi connectivity index (χ0) is 22.0. The van der Waals surface area contributed by atoms with Crippen molar-refractivity contribution in [3.05, 3.63) is 95.1 Å². The predicted molar refractivity (Wildman–Crippen MR) is 121 cm³/mol. The summed E-state index contributed by atoms with van der Waals surface area (Å²) >= 11 is 6.06. The Morgan fingerprint density at radius 3 is 2.13 bits per heavy atom. The van der Waals surface area contributed by atoms with Crippen molar-refractivity contribution in [1.29, 1.82) is 5.26 Å². The van der Waals surface area contributed by atoms with Crippen LogP contribution in [0.3, 0.4) is 0 Å². The molecule has 0 aliphatic rings. The molecule has 1 heterocycles. The van der Waals surface area contributed by atoms with Gasteiger partial charge in [0.15, 0.2) is 9.84 Å². The molecule has 0 radical (unpaired) electrons. The molecule has 3 aromatic carbocycles. The van der Waals surface area contributed by atoms with Gasteiger partial charge in [-0.25, -0.2) is 13.1 Å². The van der Waals surface area contributed by atoms with Crippen LogP contribution >= 0.6 is 11.6 Å². The second-order valence-electron chi connectivity index (χ2n) is 7.13. The van der Waals surface area contributed by atoms with Crippen LogP contribution in [0.2, 0.25) is 5.02 Å². The van der Waals surface area contributed by atoms with E-state index in [9.17, 15) is 13.7 Å². The van der Waals surface area contributed by atoms with Gasteiger partial charge in [-0.1, -0.05) is 66.2 Å². The molecular formula is C24H18ClN3O2S. The van der Waals surface area contributed by atoms with Crippen LogP contribution in [0.5, 0.6) is 0 Å². The van der Waals surface area contributed by atoms with Crippen LogP contribution in [-0.4, -0.2) is 24.5 Å². The second-order valence-corrected chi connectivity index (χ2v) is 9.58. The summed E-state index contributed by atoms with van der Waals surface area (Å²) in [6.07, 6.45) is 1.17. The third-order valence-electron chi connectivity index (χ3n) is 4.92. The fraction of sp³-hybridized carbons (Fsp3) is 0.0833. The normalized spacial score (nSPS) is 11.3. The number of benzene rings is 3. The Labute approximate surface area is 186 Å². The predicted octanol–water partition coefficient (Wildman–Crippen LogP) is 5.19. The summed E-state index contributed by atoms with van der Waals surface area (Å²) in [7, 11) is -3.31. The van der Waals surface area contributed by atoms with Crippen LogP contribution in [0.1, 0.15) is 11.3 Å². The zero-order valence-corrected chi connectivity index (χ0v) is 18.2. The van der Waals surface area contributed by atoms with E-state index in [1.807, 2.05) is 42.5 Å². The molecule has 7 heteroatoms. The fourth-order valence-electron chi connectivity index (χ4n) is 3.40. The van der Waals surface area contributed by atoms with Crippen molar-refractivity contribution in [2.75, 3.05) is 6.26 Å². The second kappa shape index (κ2) is 8.38. The van der Waals surface area contributed by atoms with Crippen LogP contribution in [0, 0.1) is 11.3 Å². The van der Waals surface area contributed by atoms with Crippen LogP contribution in [-0.2, 0) is 16.4 Å². The van der Waals surface area contributed by atoms with E-state index >= 15 is 0 Å². The molecule has 0 aliphatic heterocycles. The first kappa shape index (κ1) is 20.9. The van der Waals surface area contributed by atoms with E-state index in [1.165, 1.54) is 6.26 Å². The van der Waals surface area contributed by atoms with E-state index in [1.54, 1.807) is 41.1 Å². The third-order valence-corrected chi connectivity index (χ3v) is 6.30. The van der Waals surface area contributed by atoms with Gasteiger partial charge in [0, 0.05) is 22.4 Å². The van der Waals surface area contributed by atoms with Gasteiger partial charge in [0.2, 0.25) is 0 Å². The van der Waals surface area contributed by atoms with Crippen molar-refractivity contribution in [3.8, 4) is 28.5 Å². The van der Waals surface area contributed by atoms with Gasteiger partial charge in [0.1, 0.15) is 17.5 Å². The lowest BCUT2D eigenvalue weighted by atomic mass is 9.99. The fourth-order valence-corrected chi connectivity index (χ4v) is 4.15. The number of hydrogen-bond donors (Lipinski definition) is 0. The average Bonchev–Trinajstić information content (AvgIpc) is 3.12. The van der Waals surface area contributed by atoms with E-state index in [-0.39, 0.29) is 4.90 Å². The third kappa shape index (κ3) is 4.38. The highest BCUT2D eigenvalue weighted by molar-refractivity contribution is 7.90. The van der Waals surface area contributed by atoms with E-state index in [4.69, 9.17) is 16.7 Å². The lowest BCUT2D eigenvalue weighted by Gasteiger charge is -2.05. The molecule has 0 spiro atoms. The average molecular weight is 448 g/mol. The number of halogens is 1. The van der Waals surface area contributed by atoms with Gasteiger partial charge < -0.3 is 0 Å². The van der Waals surface area contributed by atoms with E-state index in [2.05, 4.69) is 6.07 Å². The molecule has 0 bridgehead atoms. The van der Waals surface area contributed by atoms with Gasteiger partial charge in [-0.05, 0) is 35.4 Å². The first-order valence-electron chi connectivity index (χ1n) is 9.48. The van der Waals surface area contributed by atoms with Gasteiger partial charge >= 0.3 is 0 Å². The number of rotatable bonds is 5. The van der Waals surface area contributed by atoms with Gasteiger partial charge in [0.25, 0.3) is 0 Å². The highest BCUT2D eigenvalue weighted by atomic mass is 35.5. The summed E-state index contributed by atoms with van der Waals surface area (Å²) < 4.78 is 25.3. The molecule has 154 valence electrons. The van der Waals surface area contributed by atoms with Gasteiger partial charge in [0.05, 0.1) is 11.4 Å². The Hall–Kier alpha value is -3.40. The number of sulfone groups is 1. The SMILES string of the molecule is CS(=O)(=O)c1ccc(-c2nn(Cc3ccccc3)c(C#N)c2-c2ccc(Cl)cc2)cc1. The molecule has 1 aromatic heterocycles. The Bertz CT molecular complexity index is 1370. The first-order valence-corrected chi connectivity index (χ1v) is 11.7. The number of hydrogen-bond acceptors (Lipinski definition) is 4. The number of nitriles is 1. The van der Waals surface area contributed by atoms with Crippen LogP contribution in [0.4, 0.5) is 0 Å². The quantitative estimate of drug-likeness (QED) is 0.421. The first-order chi connectivity index (χ1) is 14.9. The Kier molecular flexibility index (Phi) is 5.64. The van der Waals surface area contributed by atoms with Crippen LogP contribution < -0.4 is 0 Å². The van der Waals surface area contributed by atoms with Crippen molar-refractivity contribution < 1.29 is 8.42 Å². The standard InChI is InChI=1S/C24H18ClN3O2S/c1-31(29,30)21-13-9-19(10-14-21)24-23(18-7-11-20(25)12-8-18)22(15-26)28(27-24)16-17-5-3-2-4-6-17/h2-14H,16H2,1H3. The summed E-state index contributed by atoms with van der Waals surface area (Å²) in [6, 6.07) is 25.8. The number of nitrogens with zero attached hydrogens (tertiary/aromatic N) is 3. The summed E-state index contributed by atoms with van der Waals surface area (Å²) in [5, 5.41) is 15.3. The maximum Gasteiger partial charge on any atom is 0.175 e. The van der Waals surface area contributed by atoms with Gasteiger partial charge in [-0.2, -0.15) is 10.4 Å². The van der Waals surface area contributed by atoms with Crippen LogP contribution in [0.15, 0.2) is 83.8 Å². The lowest BCUT2D eigenvalue weighted by molar-refractivity contribution is 0.602.